The Morgan fingerprint density at radius 2 is 0.960 bits per heavy atom. The van der Waals surface area contributed by atoms with Crippen LogP contribution in [0.2, 0.25) is 0 Å². The zero-order valence-electron chi connectivity index (χ0n) is 29.2. The lowest BCUT2D eigenvalue weighted by atomic mass is 10.0. The smallest absolute Gasteiger partial charge is 0.197 e. The summed E-state index contributed by atoms with van der Waals surface area (Å²) in [5, 5.41) is 9.53. The fraction of sp³-hybridized carbons (Fsp3) is 0.326. The standard InChI is InChI=1S/C43H42OS6/c1-5-7-9-11-13-27-19-35(45-23-27)37-39-40(38(41(37)44)36-20-28(24-46-36)14-12-10-8-6-2)43-30(22-34(50-43)32-18-16-26(4)48-32)29-21-33(49-42(29)39)31-17-15-25(3)47-31/h15-24H,5-14H2,1-4H3. The first-order chi connectivity index (χ1) is 24.4. The van der Waals surface area contributed by atoms with Gasteiger partial charge in [0.2, 0.25) is 0 Å². The lowest BCUT2D eigenvalue weighted by Crippen LogP contribution is -2.25. The van der Waals surface area contributed by atoms with Gasteiger partial charge in [0.15, 0.2) is 5.78 Å². The zero-order chi connectivity index (χ0) is 34.4. The van der Waals surface area contributed by atoms with Gasteiger partial charge in [-0.15, -0.1) is 68.0 Å². The van der Waals surface area contributed by atoms with E-state index in [1.807, 2.05) is 45.3 Å². The number of Topliss-reactive ketones (excluding diaryl/α,β-unsaturated/α-hetero) is 1. The van der Waals surface area contributed by atoms with Gasteiger partial charge < -0.3 is 0 Å². The Hall–Kier alpha value is -2.65. The highest BCUT2D eigenvalue weighted by molar-refractivity contribution is 7.28. The van der Waals surface area contributed by atoms with Crippen LogP contribution in [0.5, 0.6) is 0 Å². The van der Waals surface area contributed by atoms with Gasteiger partial charge in [-0.05, 0) is 110 Å². The number of unbranched alkanes of at least 4 members (excludes halogenated alkanes) is 6. The Bertz CT molecular complexity index is 2300. The van der Waals surface area contributed by atoms with Crippen molar-refractivity contribution < 1.29 is 4.79 Å². The minimum atomic E-state index is 0.205. The van der Waals surface area contributed by atoms with Gasteiger partial charge in [0, 0.05) is 80.8 Å². The van der Waals surface area contributed by atoms with Crippen LogP contribution >= 0.6 is 68.0 Å². The molecule has 0 saturated carbocycles. The Morgan fingerprint density at radius 3 is 1.36 bits per heavy atom. The van der Waals surface area contributed by atoms with Crippen molar-refractivity contribution in [2.75, 3.05) is 0 Å². The first-order valence-electron chi connectivity index (χ1n) is 18.0. The normalized spacial score (nSPS) is 13.2. The molecule has 0 fully saturated rings. The van der Waals surface area contributed by atoms with E-state index in [4.69, 9.17) is 0 Å². The number of ketones is 1. The Kier molecular flexibility index (Phi) is 10.2. The summed E-state index contributed by atoms with van der Waals surface area (Å²) in [5.41, 5.74) is 4.57. The van der Waals surface area contributed by atoms with Crippen LogP contribution < -0.4 is 10.4 Å². The lowest BCUT2D eigenvalue weighted by molar-refractivity contribution is -0.108. The van der Waals surface area contributed by atoms with Crippen LogP contribution in [0.4, 0.5) is 0 Å². The summed E-state index contributed by atoms with van der Waals surface area (Å²) in [4.78, 5) is 25.3. The fourth-order valence-corrected chi connectivity index (χ4v) is 13.6. The van der Waals surface area contributed by atoms with E-state index in [1.165, 1.54) is 122 Å². The summed E-state index contributed by atoms with van der Waals surface area (Å²) in [6.45, 7) is 8.91. The lowest BCUT2D eigenvalue weighted by Gasteiger charge is -2.02. The van der Waals surface area contributed by atoms with Crippen LogP contribution in [0.15, 0.2) is 59.3 Å². The minimum Gasteiger partial charge on any atom is -0.288 e. The van der Waals surface area contributed by atoms with Gasteiger partial charge in [0.25, 0.3) is 0 Å². The molecule has 0 N–H and O–H groups in total. The number of thiophene rings is 6. The third-order valence-electron chi connectivity index (χ3n) is 9.82. The van der Waals surface area contributed by atoms with Gasteiger partial charge in [-0.3, -0.25) is 4.79 Å². The molecule has 0 unspecified atom stereocenters. The highest BCUT2D eigenvalue weighted by atomic mass is 32.1. The van der Waals surface area contributed by atoms with Gasteiger partial charge in [-0.25, -0.2) is 0 Å². The van der Waals surface area contributed by atoms with Crippen molar-refractivity contribution in [2.45, 2.75) is 91.9 Å². The average Bonchev–Trinajstić information content (AvgIpc) is 3.94. The van der Waals surface area contributed by atoms with Crippen molar-refractivity contribution in [3.05, 3.63) is 100 Å². The number of hydrogen-bond donors (Lipinski definition) is 0. The van der Waals surface area contributed by atoms with E-state index in [-0.39, 0.29) is 5.78 Å². The number of carbonyl (C=O) groups is 1. The van der Waals surface area contributed by atoms with E-state index in [0.29, 0.717) is 0 Å². The molecular formula is C43H42OS6. The monoisotopic (exact) mass is 766 g/mol. The molecule has 8 rings (SSSR count). The summed E-state index contributed by atoms with van der Waals surface area (Å²) < 4.78 is 2.51. The molecule has 256 valence electrons. The largest absolute Gasteiger partial charge is 0.288 e. The molecule has 1 nitrogen and oxygen atoms in total. The number of hydrogen-bond acceptors (Lipinski definition) is 7. The van der Waals surface area contributed by atoms with Crippen LogP contribution in [0.1, 0.15) is 95.8 Å². The molecule has 1 aliphatic carbocycles. The van der Waals surface area contributed by atoms with Crippen LogP contribution in [0.3, 0.4) is 0 Å². The minimum absolute atomic E-state index is 0.205. The molecule has 0 bridgehead atoms. The zero-order valence-corrected chi connectivity index (χ0v) is 34.1. The maximum Gasteiger partial charge on any atom is 0.197 e. The molecule has 1 aliphatic rings. The van der Waals surface area contributed by atoms with E-state index in [9.17, 15) is 0 Å². The highest BCUT2D eigenvalue weighted by Gasteiger charge is 2.32. The quantitative estimate of drug-likeness (QED) is 0.101. The topological polar surface area (TPSA) is 17.1 Å². The van der Waals surface area contributed by atoms with Crippen molar-refractivity contribution >= 4 is 105 Å². The number of benzene rings is 1. The van der Waals surface area contributed by atoms with Gasteiger partial charge in [0.05, 0.1) is 0 Å². The molecule has 1 aromatic carbocycles. The molecule has 7 aromatic rings. The van der Waals surface area contributed by atoms with Crippen molar-refractivity contribution in [3.8, 4) is 19.5 Å². The van der Waals surface area contributed by atoms with Crippen LogP contribution in [0, 0.1) is 13.8 Å². The van der Waals surface area contributed by atoms with Gasteiger partial charge >= 0.3 is 0 Å². The molecular weight excluding hydrogens is 725 g/mol. The molecule has 0 amide bonds. The van der Waals surface area contributed by atoms with Crippen molar-refractivity contribution in [3.63, 3.8) is 0 Å². The van der Waals surface area contributed by atoms with E-state index in [2.05, 4.69) is 87.0 Å². The fourth-order valence-electron chi connectivity index (χ4n) is 7.24. The van der Waals surface area contributed by atoms with Gasteiger partial charge in [-0.2, -0.15) is 0 Å². The second kappa shape index (κ2) is 14.8. The van der Waals surface area contributed by atoms with Crippen molar-refractivity contribution in [1.29, 1.82) is 0 Å². The molecule has 7 heteroatoms. The van der Waals surface area contributed by atoms with E-state index >= 15 is 4.79 Å². The molecule has 6 heterocycles. The van der Waals surface area contributed by atoms with Crippen molar-refractivity contribution in [2.24, 2.45) is 0 Å². The summed E-state index contributed by atoms with van der Waals surface area (Å²) in [7, 11) is 0. The number of aryl methyl sites for hydroxylation is 4. The first-order valence-corrected chi connectivity index (χ1v) is 23.1. The highest BCUT2D eigenvalue weighted by Crippen LogP contribution is 2.44. The second-order valence-electron chi connectivity index (χ2n) is 13.6. The van der Waals surface area contributed by atoms with Crippen LogP contribution in [-0.2, 0) is 17.6 Å². The molecule has 0 atom stereocenters. The summed E-state index contributed by atoms with van der Waals surface area (Å²) in [6.07, 6.45) is 12.2. The average molecular weight is 767 g/mol. The summed E-state index contributed by atoms with van der Waals surface area (Å²) in [5.74, 6) is 0.205. The SMILES string of the molecule is CCCCCCc1csc(C2=c3c(c4sc(-c5ccc(C)s5)cc4c4cc(-c5ccc(C)s5)sc34)=C(c3cc(CCCCCC)cs3)C2=O)c1. The molecule has 0 aliphatic heterocycles. The summed E-state index contributed by atoms with van der Waals surface area (Å²) in [6, 6.07) is 18.5. The van der Waals surface area contributed by atoms with Gasteiger partial charge in [0.1, 0.15) is 0 Å². The van der Waals surface area contributed by atoms with Crippen molar-refractivity contribution in [1.82, 2.24) is 0 Å². The van der Waals surface area contributed by atoms with E-state index < -0.39 is 0 Å². The molecule has 50 heavy (non-hydrogen) atoms. The molecule has 0 radical (unpaired) electrons. The third kappa shape index (κ3) is 6.48. The predicted octanol–water partition coefficient (Wildman–Crippen LogP) is 13.5. The molecule has 6 aromatic heterocycles. The van der Waals surface area contributed by atoms with Gasteiger partial charge in [-0.1, -0.05) is 52.4 Å². The van der Waals surface area contributed by atoms with E-state index in [1.54, 1.807) is 22.7 Å². The number of fused-ring (bicyclic) bond motifs is 6. The third-order valence-corrected chi connectivity index (χ3v) is 16.5. The molecule has 0 spiro atoms. The Morgan fingerprint density at radius 1 is 0.500 bits per heavy atom. The Balaban J connectivity index is 1.40. The maximum atomic E-state index is 15.2. The second-order valence-corrected chi connectivity index (χ2v) is 20.1. The van der Waals surface area contributed by atoms with E-state index in [0.717, 1.165) is 33.7 Å². The Labute approximate surface area is 319 Å². The summed E-state index contributed by atoms with van der Waals surface area (Å²) >= 11 is 11.0. The first kappa shape index (κ1) is 34.4. The molecule has 0 saturated heterocycles. The number of carbonyl (C=O) groups excluding carboxylic acids is 1. The maximum absolute atomic E-state index is 15.2. The predicted molar refractivity (Wildman–Crippen MR) is 227 cm³/mol. The van der Waals surface area contributed by atoms with Crippen LogP contribution in [-0.4, -0.2) is 5.78 Å². The number of rotatable bonds is 14. The van der Waals surface area contributed by atoms with Crippen LogP contribution in [0.25, 0.3) is 50.8 Å².